The lowest BCUT2D eigenvalue weighted by Gasteiger charge is -2.06. The van der Waals surface area contributed by atoms with Gasteiger partial charge in [0, 0.05) is 28.0 Å². The van der Waals surface area contributed by atoms with E-state index >= 15 is 0 Å². The van der Waals surface area contributed by atoms with E-state index in [1.165, 1.54) is 11.3 Å². The lowest BCUT2D eigenvalue weighted by atomic mass is 9.99. The first-order chi connectivity index (χ1) is 11.0. The number of Topliss-reactive ketones (excluding diaryl/α,β-unsaturated/α-hetero) is 1. The van der Waals surface area contributed by atoms with Crippen LogP contribution in [0.1, 0.15) is 29.4 Å². The molecule has 1 atom stereocenters. The van der Waals surface area contributed by atoms with Crippen LogP contribution in [0.4, 0.5) is 0 Å². The molecule has 3 aromatic rings. The SMILES string of the molecule is CCC(CC(=O)c1cc2c(cc(OC)c3occc32)s1)C(=O)O. The van der Waals surface area contributed by atoms with Crippen molar-refractivity contribution >= 4 is 44.1 Å². The first-order valence-electron chi connectivity index (χ1n) is 7.28. The van der Waals surface area contributed by atoms with E-state index in [2.05, 4.69) is 0 Å². The Morgan fingerprint density at radius 3 is 2.78 bits per heavy atom. The summed E-state index contributed by atoms with van der Waals surface area (Å²) >= 11 is 1.35. The number of benzene rings is 1. The summed E-state index contributed by atoms with van der Waals surface area (Å²) in [5, 5.41) is 10.9. The van der Waals surface area contributed by atoms with Crippen LogP contribution in [0.5, 0.6) is 5.75 Å². The summed E-state index contributed by atoms with van der Waals surface area (Å²) in [6.07, 6.45) is 2.04. The summed E-state index contributed by atoms with van der Waals surface area (Å²) < 4.78 is 11.7. The molecular weight excluding hydrogens is 316 g/mol. The summed E-state index contributed by atoms with van der Waals surface area (Å²) in [5.74, 6) is -1.09. The number of ketones is 1. The number of rotatable bonds is 6. The molecule has 0 saturated carbocycles. The predicted molar refractivity (Wildman–Crippen MR) is 88.5 cm³/mol. The van der Waals surface area contributed by atoms with E-state index < -0.39 is 11.9 Å². The third kappa shape index (κ3) is 2.70. The Kier molecular flexibility index (Phi) is 4.09. The summed E-state index contributed by atoms with van der Waals surface area (Å²) in [6, 6.07) is 5.50. The largest absolute Gasteiger partial charge is 0.493 e. The standard InChI is InChI=1S/C17H16O5S/c1-3-9(17(19)20)6-12(18)15-7-11-10-4-5-22-16(10)13(21-2)8-14(11)23-15/h4-5,7-9H,3,6H2,1-2H3,(H,19,20). The summed E-state index contributed by atoms with van der Waals surface area (Å²) in [6.45, 7) is 1.77. The van der Waals surface area contributed by atoms with E-state index in [-0.39, 0.29) is 12.2 Å². The third-order valence-electron chi connectivity index (χ3n) is 3.97. The van der Waals surface area contributed by atoms with E-state index in [9.17, 15) is 9.59 Å². The average Bonchev–Trinajstić information content (AvgIpc) is 3.16. The van der Waals surface area contributed by atoms with Crippen molar-refractivity contribution in [2.24, 2.45) is 5.92 Å². The van der Waals surface area contributed by atoms with Crippen LogP contribution in [0.25, 0.3) is 21.1 Å². The second kappa shape index (κ2) is 6.04. The summed E-state index contributed by atoms with van der Waals surface area (Å²) in [4.78, 5) is 24.1. The topological polar surface area (TPSA) is 76.7 Å². The highest BCUT2D eigenvalue weighted by molar-refractivity contribution is 7.21. The minimum absolute atomic E-state index is 0.0182. The maximum absolute atomic E-state index is 12.4. The van der Waals surface area contributed by atoms with E-state index in [1.807, 2.05) is 18.2 Å². The van der Waals surface area contributed by atoms with Crippen LogP contribution in [-0.4, -0.2) is 24.0 Å². The van der Waals surface area contributed by atoms with Gasteiger partial charge in [-0.3, -0.25) is 9.59 Å². The molecule has 3 rings (SSSR count). The lowest BCUT2D eigenvalue weighted by molar-refractivity contribution is -0.141. The van der Waals surface area contributed by atoms with Crippen LogP contribution in [0, 0.1) is 5.92 Å². The van der Waals surface area contributed by atoms with Crippen molar-refractivity contribution in [3.63, 3.8) is 0 Å². The van der Waals surface area contributed by atoms with Gasteiger partial charge in [0.25, 0.3) is 0 Å². The molecule has 5 nitrogen and oxygen atoms in total. The Balaban J connectivity index is 2.03. The van der Waals surface area contributed by atoms with Gasteiger partial charge >= 0.3 is 5.97 Å². The van der Waals surface area contributed by atoms with E-state index in [1.54, 1.807) is 20.3 Å². The number of methoxy groups -OCH3 is 1. The zero-order chi connectivity index (χ0) is 16.6. The Bertz CT molecular complexity index is 889. The van der Waals surface area contributed by atoms with E-state index in [4.69, 9.17) is 14.3 Å². The molecular formula is C17H16O5S. The van der Waals surface area contributed by atoms with Gasteiger partial charge in [0.1, 0.15) is 0 Å². The number of carboxylic acids is 1. The molecule has 0 aliphatic rings. The highest BCUT2D eigenvalue weighted by Gasteiger charge is 2.22. The molecule has 0 amide bonds. The minimum atomic E-state index is -0.930. The van der Waals surface area contributed by atoms with Crippen molar-refractivity contribution in [2.45, 2.75) is 19.8 Å². The van der Waals surface area contributed by atoms with Crippen LogP contribution in [0.15, 0.2) is 28.9 Å². The van der Waals surface area contributed by atoms with Crippen molar-refractivity contribution in [3.05, 3.63) is 29.3 Å². The lowest BCUT2D eigenvalue weighted by Crippen LogP contribution is -2.16. The number of furan rings is 1. The molecule has 1 unspecified atom stereocenters. The van der Waals surface area contributed by atoms with Crippen LogP contribution in [0.3, 0.4) is 0 Å². The van der Waals surface area contributed by atoms with Crippen molar-refractivity contribution in [1.29, 1.82) is 0 Å². The van der Waals surface area contributed by atoms with Gasteiger partial charge in [0.05, 0.1) is 24.2 Å². The molecule has 6 heteroatoms. The molecule has 2 aromatic heterocycles. The molecule has 1 aromatic carbocycles. The van der Waals surface area contributed by atoms with Crippen LogP contribution in [0.2, 0.25) is 0 Å². The second-order valence-corrected chi connectivity index (χ2v) is 6.42. The number of ether oxygens (including phenoxy) is 1. The number of fused-ring (bicyclic) bond motifs is 3. The van der Waals surface area contributed by atoms with Crippen molar-refractivity contribution in [2.75, 3.05) is 7.11 Å². The van der Waals surface area contributed by atoms with Gasteiger partial charge in [-0.05, 0) is 18.6 Å². The maximum Gasteiger partial charge on any atom is 0.306 e. The van der Waals surface area contributed by atoms with Gasteiger partial charge in [-0.15, -0.1) is 11.3 Å². The van der Waals surface area contributed by atoms with E-state index in [0.717, 1.165) is 15.5 Å². The van der Waals surface area contributed by atoms with Gasteiger partial charge in [-0.1, -0.05) is 6.92 Å². The van der Waals surface area contributed by atoms with Crippen molar-refractivity contribution in [3.8, 4) is 5.75 Å². The Morgan fingerprint density at radius 1 is 1.35 bits per heavy atom. The predicted octanol–water partition coefficient (Wildman–Crippen LogP) is 4.34. The molecule has 0 aliphatic heterocycles. The fourth-order valence-electron chi connectivity index (χ4n) is 2.64. The Labute approximate surface area is 136 Å². The zero-order valence-electron chi connectivity index (χ0n) is 12.8. The monoisotopic (exact) mass is 332 g/mol. The molecule has 0 bridgehead atoms. The molecule has 120 valence electrons. The highest BCUT2D eigenvalue weighted by atomic mass is 32.1. The third-order valence-corrected chi connectivity index (χ3v) is 5.09. The van der Waals surface area contributed by atoms with Crippen molar-refractivity contribution in [1.82, 2.24) is 0 Å². The van der Waals surface area contributed by atoms with Crippen LogP contribution >= 0.6 is 11.3 Å². The van der Waals surface area contributed by atoms with Crippen LogP contribution in [-0.2, 0) is 4.79 Å². The Morgan fingerprint density at radius 2 is 2.13 bits per heavy atom. The smallest absolute Gasteiger partial charge is 0.306 e. The number of hydrogen-bond acceptors (Lipinski definition) is 5. The molecule has 0 aliphatic carbocycles. The van der Waals surface area contributed by atoms with Gasteiger partial charge < -0.3 is 14.3 Å². The fourth-order valence-corrected chi connectivity index (χ4v) is 3.69. The molecule has 0 radical (unpaired) electrons. The maximum atomic E-state index is 12.4. The van der Waals surface area contributed by atoms with Gasteiger partial charge in [0.2, 0.25) is 0 Å². The molecule has 1 N–H and O–H groups in total. The molecule has 0 spiro atoms. The van der Waals surface area contributed by atoms with Gasteiger partial charge in [-0.2, -0.15) is 0 Å². The molecule has 0 saturated heterocycles. The van der Waals surface area contributed by atoms with Gasteiger partial charge in [0.15, 0.2) is 17.1 Å². The van der Waals surface area contributed by atoms with E-state index in [0.29, 0.717) is 22.6 Å². The number of carbonyl (C=O) groups is 2. The minimum Gasteiger partial charge on any atom is -0.493 e. The first-order valence-corrected chi connectivity index (χ1v) is 8.10. The molecule has 2 heterocycles. The Hall–Kier alpha value is -2.34. The number of aliphatic carboxylic acids is 1. The molecule has 0 fully saturated rings. The summed E-state index contributed by atoms with van der Waals surface area (Å²) in [7, 11) is 1.57. The highest BCUT2D eigenvalue weighted by Crippen LogP contribution is 2.38. The quantitative estimate of drug-likeness (QED) is 0.679. The zero-order valence-corrected chi connectivity index (χ0v) is 13.6. The first kappa shape index (κ1) is 15.6. The fraction of sp³-hybridized carbons (Fsp3) is 0.294. The molecule has 23 heavy (non-hydrogen) atoms. The number of carbonyl (C=O) groups excluding carboxylic acids is 1. The second-order valence-electron chi connectivity index (χ2n) is 5.34. The number of carboxylic acid groups (broad SMARTS) is 1. The average molecular weight is 332 g/mol. The van der Waals surface area contributed by atoms with Crippen LogP contribution < -0.4 is 4.74 Å². The van der Waals surface area contributed by atoms with Gasteiger partial charge in [-0.25, -0.2) is 0 Å². The summed E-state index contributed by atoms with van der Waals surface area (Å²) in [5.41, 5.74) is 0.647. The number of thiophene rings is 1. The van der Waals surface area contributed by atoms with Crippen molar-refractivity contribution < 1.29 is 23.8 Å². The number of hydrogen-bond donors (Lipinski definition) is 1. The normalized spacial score (nSPS) is 12.6.